The van der Waals surface area contributed by atoms with Crippen molar-refractivity contribution in [3.8, 4) is 5.75 Å². The van der Waals surface area contributed by atoms with Crippen molar-refractivity contribution in [1.82, 2.24) is 5.32 Å². The monoisotopic (exact) mass is 236 g/mol. The fourth-order valence-electron chi connectivity index (χ4n) is 1.47. The molecule has 1 amide bonds. The second-order valence-corrected chi connectivity index (χ2v) is 3.86. The van der Waals surface area contributed by atoms with Gasteiger partial charge in [0.1, 0.15) is 5.75 Å². The van der Waals surface area contributed by atoms with Crippen LogP contribution in [0.4, 0.5) is 0 Å². The van der Waals surface area contributed by atoms with Crippen molar-refractivity contribution < 1.29 is 9.53 Å². The molecule has 1 atom stereocenters. The van der Waals surface area contributed by atoms with E-state index in [2.05, 4.69) is 5.32 Å². The Morgan fingerprint density at radius 3 is 2.76 bits per heavy atom. The lowest BCUT2D eigenvalue weighted by Crippen LogP contribution is -2.40. The molecule has 4 nitrogen and oxygen atoms in total. The standard InChI is InChI=1S/C13H20N2O2/c1-3-11(13(16)15-9-8-14)17-12-7-5-4-6-10(12)2/h4-7,11H,3,8-9,14H2,1-2H3,(H,15,16). The normalized spacial score (nSPS) is 11.9. The van der Waals surface area contributed by atoms with Gasteiger partial charge in [0, 0.05) is 13.1 Å². The first-order valence-corrected chi connectivity index (χ1v) is 5.89. The molecule has 1 aromatic rings. The van der Waals surface area contributed by atoms with Crippen LogP contribution in [0.1, 0.15) is 18.9 Å². The number of nitrogens with two attached hydrogens (primary N) is 1. The van der Waals surface area contributed by atoms with E-state index in [1.807, 2.05) is 38.1 Å². The molecule has 0 aliphatic heterocycles. The highest BCUT2D eigenvalue weighted by Gasteiger charge is 2.18. The van der Waals surface area contributed by atoms with Gasteiger partial charge in [0.05, 0.1) is 0 Å². The summed E-state index contributed by atoms with van der Waals surface area (Å²) in [6.07, 6.45) is 0.174. The summed E-state index contributed by atoms with van der Waals surface area (Å²) in [6, 6.07) is 7.67. The van der Waals surface area contributed by atoms with Gasteiger partial charge in [-0.1, -0.05) is 25.1 Å². The Labute approximate surface area is 102 Å². The van der Waals surface area contributed by atoms with Crippen molar-refractivity contribution in [2.24, 2.45) is 5.73 Å². The molecule has 0 aromatic heterocycles. The zero-order valence-electron chi connectivity index (χ0n) is 10.4. The van der Waals surface area contributed by atoms with E-state index in [1.54, 1.807) is 0 Å². The van der Waals surface area contributed by atoms with Gasteiger partial charge >= 0.3 is 0 Å². The van der Waals surface area contributed by atoms with Crippen LogP contribution in [0.3, 0.4) is 0 Å². The van der Waals surface area contributed by atoms with Crippen LogP contribution in [0.25, 0.3) is 0 Å². The second kappa shape index (κ2) is 6.91. The topological polar surface area (TPSA) is 64.3 Å². The van der Waals surface area contributed by atoms with Crippen LogP contribution in [0.2, 0.25) is 0 Å². The van der Waals surface area contributed by atoms with Crippen LogP contribution in [0, 0.1) is 6.92 Å². The maximum absolute atomic E-state index is 11.8. The van der Waals surface area contributed by atoms with Crippen LogP contribution in [-0.4, -0.2) is 25.1 Å². The Morgan fingerprint density at radius 2 is 2.18 bits per heavy atom. The second-order valence-electron chi connectivity index (χ2n) is 3.86. The largest absolute Gasteiger partial charge is 0.480 e. The Hall–Kier alpha value is -1.55. The van der Waals surface area contributed by atoms with Crippen LogP contribution in [0.5, 0.6) is 5.75 Å². The highest BCUT2D eigenvalue weighted by molar-refractivity contribution is 5.81. The predicted molar refractivity (Wildman–Crippen MR) is 68.0 cm³/mol. The summed E-state index contributed by atoms with van der Waals surface area (Å²) in [5.74, 6) is 0.642. The van der Waals surface area contributed by atoms with Gasteiger partial charge in [0.2, 0.25) is 0 Å². The van der Waals surface area contributed by atoms with Crippen molar-refractivity contribution in [3.63, 3.8) is 0 Å². The number of benzene rings is 1. The SMILES string of the molecule is CCC(Oc1ccccc1C)C(=O)NCCN. The van der Waals surface area contributed by atoms with E-state index in [9.17, 15) is 4.79 Å². The van der Waals surface area contributed by atoms with Crippen LogP contribution < -0.4 is 15.8 Å². The molecular weight excluding hydrogens is 216 g/mol. The van der Waals surface area contributed by atoms with E-state index in [0.717, 1.165) is 11.3 Å². The number of nitrogens with one attached hydrogen (secondary N) is 1. The minimum Gasteiger partial charge on any atom is -0.480 e. The van der Waals surface area contributed by atoms with Crippen molar-refractivity contribution in [1.29, 1.82) is 0 Å². The van der Waals surface area contributed by atoms with Crippen LogP contribution in [0.15, 0.2) is 24.3 Å². The first-order chi connectivity index (χ1) is 8.19. The molecule has 17 heavy (non-hydrogen) atoms. The van der Waals surface area contributed by atoms with E-state index in [4.69, 9.17) is 10.5 Å². The fraction of sp³-hybridized carbons (Fsp3) is 0.462. The van der Waals surface area contributed by atoms with Crippen molar-refractivity contribution in [2.45, 2.75) is 26.4 Å². The fourth-order valence-corrected chi connectivity index (χ4v) is 1.47. The van der Waals surface area contributed by atoms with Gasteiger partial charge in [-0.2, -0.15) is 0 Å². The molecule has 3 N–H and O–H groups in total. The van der Waals surface area contributed by atoms with Crippen molar-refractivity contribution in [2.75, 3.05) is 13.1 Å². The first kappa shape index (κ1) is 13.5. The number of ether oxygens (including phenoxy) is 1. The molecule has 0 aliphatic carbocycles. The average Bonchev–Trinajstić information content (AvgIpc) is 2.35. The summed E-state index contributed by atoms with van der Waals surface area (Å²) < 4.78 is 5.70. The number of para-hydroxylation sites is 1. The zero-order chi connectivity index (χ0) is 12.7. The number of aryl methyl sites for hydroxylation is 1. The molecule has 0 bridgehead atoms. The minimum atomic E-state index is -0.456. The summed E-state index contributed by atoms with van der Waals surface area (Å²) >= 11 is 0. The molecule has 1 aromatic carbocycles. The van der Waals surface area contributed by atoms with E-state index >= 15 is 0 Å². The number of hydrogen-bond acceptors (Lipinski definition) is 3. The molecule has 0 spiro atoms. The lowest BCUT2D eigenvalue weighted by atomic mass is 10.2. The molecule has 0 saturated carbocycles. The summed E-state index contributed by atoms with van der Waals surface area (Å²) in [6.45, 7) is 4.80. The molecule has 0 heterocycles. The summed E-state index contributed by atoms with van der Waals surface area (Å²) in [5, 5.41) is 2.73. The zero-order valence-corrected chi connectivity index (χ0v) is 10.4. The molecular formula is C13H20N2O2. The maximum Gasteiger partial charge on any atom is 0.261 e. The summed E-state index contributed by atoms with van der Waals surface area (Å²) in [4.78, 5) is 11.8. The van der Waals surface area contributed by atoms with Gasteiger partial charge in [-0.15, -0.1) is 0 Å². The van der Waals surface area contributed by atoms with Gasteiger partial charge < -0.3 is 15.8 Å². The highest BCUT2D eigenvalue weighted by Crippen LogP contribution is 2.18. The third kappa shape index (κ3) is 4.07. The summed E-state index contributed by atoms with van der Waals surface area (Å²) in [7, 11) is 0. The van der Waals surface area contributed by atoms with Crippen LogP contribution >= 0.6 is 0 Å². The molecule has 4 heteroatoms. The van der Waals surface area contributed by atoms with E-state index < -0.39 is 6.10 Å². The molecule has 94 valence electrons. The minimum absolute atomic E-state index is 0.110. The Bertz CT molecular complexity index is 366. The Morgan fingerprint density at radius 1 is 1.47 bits per heavy atom. The highest BCUT2D eigenvalue weighted by atomic mass is 16.5. The lowest BCUT2D eigenvalue weighted by Gasteiger charge is -2.18. The number of carbonyl (C=O) groups is 1. The molecule has 0 fully saturated rings. The van der Waals surface area contributed by atoms with Gasteiger partial charge in [-0.25, -0.2) is 0 Å². The smallest absolute Gasteiger partial charge is 0.261 e. The number of rotatable bonds is 6. The Kier molecular flexibility index (Phi) is 5.49. The van der Waals surface area contributed by atoms with E-state index in [1.165, 1.54) is 0 Å². The van der Waals surface area contributed by atoms with Crippen LogP contribution in [-0.2, 0) is 4.79 Å². The van der Waals surface area contributed by atoms with Gasteiger partial charge in [0.25, 0.3) is 5.91 Å². The maximum atomic E-state index is 11.8. The molecule has 0 radical (unpaired) electrons. The van der Waals surface area contributed by atoms with E-state index in [0.29, 0.717) is 19.5 Å². The van der Waals surface area contributed by atoms with E-state index in [-0.39, 0.29) is 5.91 Å². The number of hydrogen-bond donors (Lipinski definition) is 2. The quantitative estimate of drug-likeness (QED) is 0.780. The molecule has 1 rings (SSSR count). The summed E-state index contributed by atoms with van der Waals surface area (Å²) in [5.41, 5.74) is 6.37. The average molecular weight is 236 g/mol. The number of carbonyl (C=O) groups excluding carboxylic acids is 1. The lowest BCUT2D eigenvalue weighted by molar-refractivity contribution is -0.128. The Balaban J connectivity index is 2.63. The third-order valence-electron chi connectivity index (χ3n) is 2.47. The number of amides is 1. The predicted octanol–water partition coefficient (Wildman–Crippen LogP) is 1.23. The van der Waals surface area contributed by atoms with Crippen molar-refractivity contribution in [3.05, 3.63) is 29.8 Å². The molecule has 0 aliphatic rings. The molecule has 1 unspecified atom stereocenters. The third-order valence-corrected chi connectivity index (χ3v) is 2.47. The van der Waals surface area contributed by atoms with Crippen molar-refractivity contribution >= 4 is 5.91 Å². The first-order valence-electron chi connectivity index (χ1n) is 5.89. The van der Waals surface area contributed by atoms with Gasteiger partial charge in [-0.05, 0) is 25.0 Å². The molecule has 0 saturated heterocycles. The van der Waals surface area contributed by atoms with Gasteiger partial charge in [0.15, 0.2) is 6.10 Å². The van der Waals surface area contributed by atoms with Gasteiger partial charge in [-0.3, -0.25) is 4.79 Å².